The Kier molecular flexibility index (Phi) is 5.26. The molecule has 0 aromatic heterocycles. The Bertz CT molecular complexity index is 222. The number of rotatable bonds is 4. The molecule has 0 aromatic rings. The zero-order chi connectivity index (χ0) is 12.1. The lowest BCUT2D eigenvalue weighted by Gasteiger charge is -2.32. The van der Waals surface area contributed by atoms with Crippen LogP contribution in [0.3, 0.4) is 0 Å². The third kappa shape index (κ3) is 4.23. The summed E-state index contributed by atoms with van der Waals surface area (Å²) in [5, 5.41) is 3.39. The number of hydrogen-bond donors (Lipinski definition) is 1. The minimum atomic E-state index is 0.251. The maximum atomic E-state index is 6.04. The molecule has 3 nitrogen and oxygen atoms in total. The molecule has 17 heavy (non-hydrogen) atoms. The zero-order valence-corrected chi connectivity index (χ0v) is 11.3. The third-order valence-corrected chi connectivity index (χ3v) is 4.06. The van der Waals surface area contributed by atoms with Crippen LogP contribution in [-0.4, -0.2) is 38.0 Å². The van der Waals surface area contributed by atoms with E-state index in [0.717, 1.165) is 25.6 Å². The van der Waals surface area contributed by atoms with Crippen LogP contribution in [0.5, 0.6) is 0 Å². The summed E-state index contributed by atoms with van der Waals surface area (Å²) in [6.07, 6.45) is 7.59. The SMILES string of the molecule is CCC1CCCC(OCC2CNCC(C)O2)C1. The van der Waals surface area contributed by atoms with Crippen molar-refractivity contribution in [1.29, 1.82) is 0 Å². The molecule has 3 heteroatoms. The largest absolute Gasteiger partial charge is 0.375 e. The minimum Gasteiger partial charge on any atom is -0.375 e. The summed E-state index contributed by atoms with van der Waals surface area (Å²) >= 11 is 0. The van der Waals surface area contributed by atoms with Gasteiger partial charge in [0.2, 0.25) is 0 Å². The monoisotopic (exact) mass is 241 g/mol. The molecule has 1 aliphatic heterocycles. The quantitative estimate of drug-likeness (QED) is 0.819. The fourth-order valence-electron chi connectivity index (χ4n) is 2.98. The van der Waals surface area contributed by atoms with Crippen molar-refractivity contribution >= 4 is 0 Å². The lowest BCUT2D eigenvalue weighted by Crippen LogP contribution is -2.46. The fraction of sp³-hybridized carbons (Fsp3) is 1.00. The smallest absolute Gasteiger partial charge is 0.0936 e. The van der Waals surface area contributed by atoms with Gasteiger partial charge in [-0.2, -0.15) is 0 Å². The van der Waals surface area contributed by atoms with Crippen LogP contribution in [-0.2, 0) is 9.47 Å². The van der Waals surface area contributed by atoms with Crippen molar-refractivity contribution in [3.8, 4) is 0 Å². The molecular formula is C14H27NO2. The summed E-state index contributed by atoms with van der Waals surface area (Å²) < 4.78 is 11.9. The summed E-state index contributed by atoms with van der Waals surface area (Å²) in [6, 6.07) is 0. The van der Waals surface area contributed by atoms with Crippen molar-refractivity contribution in [2.24, 2.45) is 5.92 Å². The highest BCUT2D eigenvalue weighted by Crippen LogP contribution is 2.28. The van der Waals surface area contributed by atoms with Crippen molar-refractivity contribution in [2.45, 2.75) is 64.3 Å². The van der Waals surface area contributed by atoms with Gasteiger partial charge in [0.05, 0.1) is 24.9 Å². The predicted molar refractivity (Wildman–Crippen MR) is 69.2 cm³/mol. The molecule has 0 spiro atoms. The highest BCUT2D eigenvalue weighted by molar-refractivity contribution is 4.75. The highest BCUT2D eigenvalue weighted by Gasteiger charge is 2.24. The van der Waals surface area contributed by atoms with E-state index in [1.165, 1.54) is 32.1 Å². The van der Waals surface area contributed by atoms with E-state index in [9.17, 15) is 0 Å². The van der Waals surface area contributed by atoms with Crippen molar-refractivity contribution in [1.82, 2.24) is 5.32 Å². The maximum Gasteiger partial charge on any atom is 0.0936 e. The number of morpholine rings is 1. The number of ether oxygens (including phenoxy) is 2. The first-order valence-corrected chi connectivity index (χ1v) is 7.25. The molecule has 0 aromatic carbocycles. The van der Waals surface area contributed by atoms with E-state index >= 15 is 0 Å². The Labute approximate surface area is 105 Å². The lowest BCUT2D eigenvalue weighted by molar-refractivity contribution is -0.0930. The minimum absolute atomic E-state index is 0.251. The second-order valence-corrected chi connectivity index (χ2v) is 5.62. The molecule has 1 heterocycles. The summed E-state index contributed by atoms with van der Waals surface area (Å²) in [4.78, 5) is 0. The van der Waals surface area contributed by atoms with Crippen molar-refractivity contribution in [3.05, 3.63) is 0 Å². The summed E-state index contributed by atoms with van der Waals surface area (Å²) in [5.74, 6) is 0.887. The van der Waals surface area contributed by atoms with Crippen LogP contribution in [0, 0.1) is 5.92 Å². The van der Waals surface area contributed by atoms with E-state index < -0.39 is 0 Å². The first-order valence-electron chi connectivity index (χ1n) is 7.25. The molecule has 0 bridgehead atoms. The van der Waals surface area contributed by atoms with Crippen LogP contribution in [0.2, 0.25) is 0 Å². The van der Waals surface area contributed by atoms with E-state index in [4.69, 9.17) is 9.47 Å². The molecule has 0 radical (unpaired) electrons. The molecule has 0 amide bonds. The van der Waals surface area contributed by atoms with Gasteiger partial charge in [-0.25, -0.2) is 0 Å². The van der Waals surface area contributed by atoms with Gasteiger partial charge in [-0.05, 0) is 25.7 Å². The first kappa shape index (κ1) is 13.3. The van der Waals surface area contributed by atoms with Crippen molar-refractivity contribution in [2.75, 3.05) is 19.7 Å². The molecule has 1 saturated carbocycles. The molecule has 100 valence electrons. The van der Waals surface area contributed by atoms with E-state index in [1.54, 1.807) is 0 Å². The normalized spacial score (nSPS) is 39.2. The third-order valence-electron chi connectivity index (χ3n) is 4.06. The van der Waals surface area contributed by atoms with Crippen LogP contribution in [0.4, 0.5) is 0 Å². The van der Waals surface area contributed by atoms with E-state index in [0.29, 0.717) is 12.2 Å². The molecule has 1 N–H and O–H groups in total. The van der Waals surface area contributed by atoms with Crippen molar-refractivity contribution < 1.29 is 9.47 Å². The average Bonchev–Trinajstić information content (AvgIpc) is 2.37. The van der Waals surface area contributed by atoms with Gasteiger partial charge in [-0.1, -0.05) is 26.2 Å². The number of hydrogen-bond acceptors (Lipinski definition) is 3. The Morgan fingerprint density at radius 1 is 1.29 bits per heavy atom. The van der Waals surface area contributed by atoms with Gasteiger partial charge in [-0.15, -0.1) is 0 Å². The van der Waals surface area contributed by atoms with Crippen LogP contribution in [0.1, 0.15) is 46.0 Å². The van der Waals surface area contributed by atoms with Gasteiger partial charge in [-0.3, -0.25) is 0 Å². The molecule has 2 rings (SSSR count). The second kappa shape index (κ2) is 6.72. The lowest BCUT2D eigenvalue weighted by atomic mass is 9.85. The number of nitrogens with one attached hydrogen (secondary N) is 1. The molecule has 2 aliphatic rings. The van der Waals surface area contributed by atoms with Gasteiger partial charge in [0.1, 0.15) is 0 Å². The molecule has 1 saturated heterocycles. The Hall–Kier alpha value is -0.120. The van der Waals surface area contributed by atoms with E-state index in [1.807, 2.05) is 0 Å². The summed E-state index contributed by atoms with van der Waals surface area (Å²) in [6.45, 7) is 7.08. The maximum absolute atomic E-state index is 6.04. The zero-order valence-electron chi connectivity index (χ0n) is 11.3. The van der Waals surface area contributed by atoms with Crippen LogP contribution < -0.4 is 5.32 Å². The molecule has 4 unspecified atom stereocenters. The Morgan fingerprint density at radius 2 is 2.18 bits per heavy atom. The van der Waals surface area contributed by atoms with Gasteiger partial charge < -0.3 is 14.8 Å². The predicted octanol–water partition coefficient (Wildman–Crippen LogP) is 2.35. The van der Waals surface area contributed by atoms with E-state index in [2.05, 4.69) is 19.2 Å². The van der Waals surface area contributed by atoms with Gasteiger partial charge in [0, 0.05) is 13.1 Å². The molecule has 1 aliphatic carbocycles. The van der Waals surface area contributed by atoms with Crippen LogP contribution in [0.25, 0.3) is 0 Å². The van der Waals surface area contributed by atoms with Gasteiger partial charge in [0.15, 0.2) is 0 Å². The topological polar surface area (TPSA) is 30.5 Å². The fourth-order valence-corrected chi connectivity index (χ4v) is 2.98. The van der Waals surface area contributed by atoms with Crippen LogP contribution in [0.15, 0.2) is 0 Å². The van der Waals surface area contributed by atoms with Gasteiger partial charge in [0.25, 0.3) is 0 Å². The molecule has 4 atom stereocenters. The Morgan fingerprint density at radius 3 is 2.94 bits per heavy atom. The second-order valence-electron chi connectivity index (χ2n) is 5.62. The summed E-state index contributed by atoms with van der Waals surface area (Å²) in [5.41, 5.74) is 0. The van der Waals surface area contributed by atoms with Gasteiger partial charge >= 0.3 is 0 Å². The van der Waals surface area contributed by atoms with E-state index in [-0.39, 0.29) is 6.10 Å². The van der Waals surface area contributed by atoms with Crippen molar-refractivity contribution in [3.63, 3.8) is 0 Å². The highest BCUT2D eigenvalue weighted by atomic mass is 16.5. The van der Waals surface area contributed by atoms with Crippen LogP contribution >= 0.6 is 0 Å². The standard InChI is InChI=1S/C14H27NO2/c1-3-12-5-4-6-13(7-12)16-10-14-9-15-8-11(2)17-14/h11-15H,3-10H2,1-2H3. The first-order chi connectivity index (χ1) is 8.28. The Balaban J connectivity index is 1.66. The molecular weight excluding hydrogens is 214 g/mol. The average molecular weight is 241 g/mol. The summed E-state index contributed by atoms with van der Waals surface area (Å²) in [7, 11) is 0. The molecule has 2 fully saturated rings.